The van der Waals surface area contributed by atoms with E-state index in [1.54, 1.807) is 6.07 Å². The number of halogens is 3. The first kappa shape index (κ1) is 14.2. The fourth-order valence-electron chi connectivity index (χ4n) is 1.29. The first-order valence-electron chi connectivity index (χ1n) is 5.22. The van der Waals surface area contributed by atoms with E-state index in [4.69, 9.17) is 0 Å². The van der Waals surface area contributed by atoms with E-state index in [9.17, 15) is 22.8 Å². The Morgan fingerprint density at radius 2 is 2.10 bits per heavy atom. The van der Waals surface area contributed by atoms with Gasteiger partial charge < -0.3 is 4.57 Å². The molecule has 6 nitrogen and oxygen atoms in total. The molecule has 0 spiro atoms. The van der Waals surface area contributed by atoms with Crippen molar-refractivity contribution in [3.63, 3.8) is 0 Å². The summed E-state index contributed by atoms with van der Waals surface area (Å²) < 4.78 is 38.0. The van der Waals surface area contributed by atoms with Gasteiger partial charge in [-0.05, 0) is 6.07 Å². The van der Waals surface area contributed by atoms with Crippen molar-refractivity contribution < 1.29 is 18.0 Å². The smallest absolute Gasteiger partial charge is 0.306 e. The number of anilines is 1. The second-order valence-corrected chi connectivity index (χ2v) is 4.60. The van der Waals surface area contributed by atoms with Gasteiger partial charge in [-0.1, -0.05) is 17.4 Å². The number of hydrogen-bond donors (Lipinski definition) is 1. The Labute approximate surface area is 113 Å². The highest BCUT2D eigenvalue weighted by Gasteiger charge is 2.35. The highest BCUT2D eigenvalue weighted by Crippen LogP contribution is 2.32. The minimum absolute atomic E-state index is 0.216. The SMILES string of the molecule is O=C(Cn1ccccc1=O)Nc1nnc(C(F)(F)F)s1. The molecule has 0 radical (unpaired) electrons. The van der Waals surface area contributed by atoms with Crippen molar-refractivity contribution in [1.29, 1.82) is 0 Å². The van der Waals surface area contributed by atoms with Gasteiger partial charge in [0.1, 0.15) is 6.54 Å². The molecule has 0 atom stereocenters. The van der Waals surface area contributed by atoms with Crippen LogP contribution in [0.2, 0.25) is 0 Å². The van der Waals surface area contributed by atoms with E-state index in [1.165, 1.54) is 18.3 Å². The van der Waals surface area contributed by atoms with Crippen LogP contribution in [0.25, 0.3) is 0 Å². The van der Waals surface area contributed by atoms with Crippen LogP contribution >= 0.6 is 11.3 Å². The zero-order chi connectivity index (χ0) is 14.8. The standard InChI is InChI=1S/C10H7F3N4O2S/c11-10(12,13)8-15-16-9(20-8)14-6(18)5-17-4-2-1-3-7(17)19/h1-4H,5H2,(H,14,16,18). The molecule has 0 unspecified atom stereocenters. The molecule has 0 fully saturated rings. The molecule has 2 heterocycles. The second-order valence-electron chi connectivity index (χ2n) is 3.63. The van der Waals surface area contributed by atoms with Crippen molar-refractivity contribution in [1.82, 2.24) is 14.8 Å². The molecular formula is C10H7F3N4O2S. The zero-order valence-corrected chi connectivity index (χ0v) is 10.5. The van der Waals surface area contributed by atoms with Gasteiger partial charge in [0.2, 0.25) is 16.0 Å². The third-order valence-corrected chi connectivity index (χ3v) is 3.01. The number of aromatic nitrogens is 3. The summed E-state index contributed by atoms with van der Waals surface area (Å²) in [6.45, 7) is -0.319. The quantitative estimate of drug-likeness (QED) is 0.929. The Bertz CT molecular complexity index is 679. The van der Waals surface area contributed by atoms with Crippen molar-refractivity contribution in [2.24, 2.45) is 0 Å². The van der Waals surface area contributed by atoms with E-state index >= 15 is 0 Å². The molecule has 0 aliphatic rings. The van der Waals surface area contributed by atoms with Crippen LogP contribution < -0.4 is 10.9 Å². The maximum Gasteiger partial charge on any atom is 0.445 e. The first-order chi connectivity index (χ1) is 9.36. The molecule has 1 N–H and O–H groups in total. The molecule has 0 aromatic carbocycles. The van der Waals surface area contributed by atoms with Gasteiger partial charge in [-0.25, -0.2) is 0 Å². The molecule has 2 aromatic rings. The lowest BCUT2D eigenvalue weighted by molar-refractivity contribution is -0.138. The number of amides is 1. The highest BCUT2D eigenvalue weighted by atomic mass is 32.1. The number of nitrogens with zero attached hydrogens (tertiary/aromatic N) is 3. The normalized spacial score (nSPS) is 11.3. The summed E-state index contributed by atoms with van der Waals surface area (Å²) in [4.78, 5) is 22.9. The van der Waals surface area contributed by atoms with Crippen LogP contribution in [0, 0.1) is 0 Å². The topological polar surface area (TPSA) is 76.9 Å². The van der Waals surface area contributed by atoms with Crippen molar-refractivity contribution >= 4 is 22.4 Å². The van der Waals surface area contributed by atoms with E-state index in [2.05, 4.69) is 15.5 Å². The predicted molar refractivity (Wildman–Crippen MR) is 64.2 cm³/mol. The Morgan fingerprint density at radius 3 is 2.70 bits per heavy atom. The summed E-state index contributed by atoms with van der Waals surface area (Å²) in [5.41, 5.74) is -0.393. The van der Waals surface area contributed by atoms with Gasteiger partial charge >= 0.3 is 6.18 Å². The number of alkyl halides is 3. The zero-order valence-electron chi connectivity index (χ0n) is 9.72. The number of carbonyl (C=O) groups excluding carboxylic acids is 1. The van der Waals surface area contributed by atoms with Crippen molar-refractivity contribution in [2.45, 2.75) is 12.7 Å². The van der Waals surface area contributed by atoms with Gasteiger partial charge in [0.25, 0.3) is 5.56 Å². The number of rotatable bonds is 3. The van der Waals surface area contributed by atoms with Crippen molar-refractivity contribution in [3.8, 4) is 0 Å². The van der Waals surface area contributed by atoms with E-state index in [0.717, 1.165) is 4.57 Å². The molecule has 0 bridgehead atoms. The minimum Gasteiger partial charge on any atom is -0.306 e. The molecule has 20 heavy (non-hydrogen) atoms. The highest BCUT2D eigenvalue weighted by molar-refractivity contribution is 7.15. The second kappa shape index (κ2) is 5.41. The third-order valence-electron chi connectivity index (χ3n) is 2.13. The molecule has 0 aliphatic heterocycles. The molecule has 1 amide bonds. The van der Waals surface area contributed by atoms with E-state index in [-0.39, 0.29) is 23.0 Å². The van der Waals surface area contributed by atoms with Crippen molar-refractivity contribution in [3.05, 3.63) is 39.8 Å². The Morgan fingerprint density at radius 1 is 1.35 bits per heavy atom. The summed E-state index contributed by atoms with van der Waals surface area (Å²) in [6.07, 6.45) is -3.21. The molecule has 0 saturated carbocycles. The summed E-state index contributed by atoms with van der Waals surface area (Å²) in [7, 11) is 0. The monoisotopic (exact) mass is 304 g/mol. The van der Waals surface area contributed by atoms with E-state index < -0.39 is 22.7 Å². The molecule has 2 aromatic heterocycles. The average molecular weight is 304 g/mol. The van der Waals surface area contributed by atoms with Crippen LogP contribution in [0.15, 0.2) is 29.2 Å². The average Bonchev–Trinajstić information content (AvgIpc) is 2.80. The van der Waals surface area contributed by atoms with Crippen LogP contribution in [-0.2, 0) is 17.5 Å². The largest absolute Gasteiger partial charge is 0.445 e. The van der Waals surface area contributed by atoms with Gasteiger partial charge in [0, 0.05) is 12.3 Å². The Hall–Kier alpha value is -2.23. The third kappa shape index (κ3) is 3.41. The lowest BCUT2D eigenvalue weighted by Crippen LogP contribution is -2.26. The fourth-order valence-corrected chi connectivity index (χ4v) is 1.92. The summed E-state index contributed by atoms with van der Waals surface area (Å²) in [5, 5.41) is 6.88. The Balaban J connectivity index is 2.04. The number of nitrogens with one attached hydrogen (secondary N) is 1. The lowest BCUT2D eigenvalue weighted by Gasteiger charge is -2.03. The van der Waals surface area contributed by atoms with Crippen LogP contribution in [-0.4, -0.2) is 20.7 Å². The summed E-state index contributed by atoms with van der Waals surface area (Å²) in [5.74, 6) is -0.664. The van der Waals surface area contributed by atoms with Crippen LogP contribution in [0.3, 0.4) is 0 Å². The van der Waals surface area contributed by atoms with Gasteiger partial charge in [-0.15, -0.1) is 10.2 Å². The fraction of sp³-hybridized carbons (Fsp3) is 0.200. The van der Waals surface area contributed by atoms with Crippen molar-refractivity contribution in [2.75, 3.05) is 5.32 Å². The number of pyridine rings is 1. The summed E-state index contributed by atoms with van der Waals surface area (Å²) in [6, 6.07) is 4.33. The Kier molecular flexibility index (Phi) is 3.84. The maximum atomic E-state index is 12.3. The van der Waals surface area contributed by atoms with Crippen LogP contribution in [0.5, 0.6) is 0 Å². The van der Waals surface area contributed by atoms with Gasteiger partial charge in [-0.2, -0.15) is 13.2 Å². The molecule has 0 saturated heterocycles. The molecule has 106 valence electrons. The lowest BCUT2D eigenvalue weighted by atomic mass is 10.4. The summed E-state index contributed by atoms with van der Waals surface area (Å²) >= 11 is 0.216. The van der Waals surface area contributed by atoms with Gasteiger partial charge in [0.05, 0.1) is 0 Å². The molecular weight excluding hydrogens is 297 g/mol. The van der Waals surface area contributed by atoms with Crippen LogP contribution in [0.1, 0.15) is 5.01 Å². The first-order valence-corrected chi connectivity index (χ1v) is 6.04. The van der Waals surface area contributed by atoms with Gasteiger partial charge in [-0.3, -0.25) is 14.9 Å². The molecule has 10 heteroatoms. The minimum atomic E-state index is -4.60. The predicted octanol–water partition coefficient (Wildman–Crippen LogP) is 1.36. The molecule has 2 rings (SSSR count). The maximum absolute atomic E-state index is 12.3. The van der Waals surface area contributed by atoms with Crippen LogP contribution in [0.4, 0.5) is 18.3 Å². The van der Waals surface area contributed by atoms with Gasteiger partial charge in [0.15, 0.2) is 0 Å². The molecule has 0 aliphatic carbocycles. The van der Waals surface area contributed by atoms with E-state index in [1.807, 2.05) is 0 Å². The van der Waals surface area contributed by atoms with E-state index in [0.29, 0.717) is 0 Å². The number of hydrogen-bond acceptors (Lipinski definition) is 5. The number of carbonyl (C=O) groups is 1.